The van der Waals surface area contributed by atoms with E-state index in [0.717, 1.165) is 5.56 Å². The Morgan fingerprint density at radius 1 is 0.805 bits per heavy atom. The topological polar surface area (TPSA) is 76.8 Å². The molecule has 0 amide bonds. The summed E-state index contributed by atoms with van der Waals surface area (Å²) in [6.07, 6.45) is -4.49. The van der Waals surface area contributed by atoms with Crippen molar-refractivity contribution in [2.24, 2.45) is 0 Å². The number of alkyl halides is 3. The molecule has 4 aromatic carbocycles. The number of fused-ring (bicyclic) bond motifs is 1. The van der Waals surface area contributed by atoms with E-state index in [9.17, 15) is 26.4 Å². The van der Waals surface area contributed by atoms with E-state index in [4.69, 9.17) is 9.15 Å². The average Bonchev–Trinajstić information content (AvgIpc) is 2.96. The highest BCUT2D eigenvalue weighted by Gasteiger charge is 2.34. The molecule has 1 aromatic heterocycles. The summed E-state index contributed by atoms with van der Waals surface area (Å²) in [7, 11) is -2.46. The number of sulfonamides is 1. The first-order valence-corrected chi connectivity index (χ1v) is 13.9. The van der Waals surface area contributed by atoms with Crippen molar-refractivity contribution in [3.63, 3.8) is 0 Å². The maximum Gasteiger partial charge on any atom is 0.417 e. The molecule has 6 nitrogen and oxygen atoms in total. The van der Waals surface area contributed by atoms with Gasteiger partial charge in [-0.05, 0) is 71.6 Å². The van der Waals surface area contributed by atoms with Crippen LogP contribution in [0.4, 0.5) is 18.9 Å². The number of anilines is 1. The van der Waals surface area contributed by atoms with Crippen molar-refractivity contribution >= 4 is 26.7 Å². The molecule has 0 radical (unpaired) electrons. The molecule has 0 saturated carbocycles. The largest absolute Gasteiger partial charge is 0.497 e. The van der Waals surface area contributed by atoms with Gasteiger partial charge < -0.3 is 9.15 Å². The van der Waals surface area contributed by atoms with Crippen molar-refractivity contribution in [3.05, 3.63) is 136 Å². The molecule has 5 aromatic rings. The second-order valence-corrected chi connectivity index (χ2v) is 11.2. The van der Waals surface area contributed by atoms with Gasteiger partial charge in [0.05, 0.1) is 29.8 Å². The van der Waals surface area contributed by atoms with E-state index in [1.54, 1.807) is 42.5 Å². The zero-order chi connectivity index (χ0) is 29.2. The lowest BCUT2D eigenvalue weighted by molar-refractivity contribution is -0.136. The number of methoxy groups -OCH3 is 1. The highest BCUT2D eigenvalue weighted by atomic mass is 32.2. The minimum Gasteiger partial charge on any atom is -0.497 e. The van der Waals surface area contributed by atoms with Crippen LogP contribution in [-0.2, 0) is 29.2 Å². The van der Waals surface area contributed by atoms with Crippen LogP contribution >= 0.6 is 0 Å². The van der Waals surface area contributed by atoms with Crippen molar-refractivity contribution in [2.45, 2.75) is 24.0 Å². The Balaban J connectivity index is 1.45. The molecule has 0 bridgehead atoms. The number of hydrogen-bond acceptors (Lipinski definition) is 5. The van der Waals surface area contributed by atoms with Crippen molar-refractivity contribution in [2.75, 3.05) is 11.4 Å². The zero-order valence-electron chi connectivity index (χ0n) is 21.8. The van der Waals surface area contributed by atoms with Crippen molar-refractivity contribution in [1.82, 2.24) is 0 Å². The maximum atomic E-state index is 13.8. The fourth-order valence-electron chi connectivity index (χ4n) is 4.51. The Kier molecular flexibility index (Phi) is 7.59. The highest BCUT2D eigenvalue weighted by Crippen LogP contribution is 2.34. The highest BCUT2D eigenvalue weighted by molar-refractivity contribution is 7.92. The van der Waals surface area contributed by atoms with Crippen LogP contribution in [0, 0.1) is 0 Å². The maximum absolute atomic E-state index is 13.8. The van der Waals surface area contributed by atoms with Gasteiger partial charge in [0.1, 0.15) is 11.3 Å². The first-order chi connectivity index (χ1) is 19.5. The molecule has 41 heavy (non-hydrogen) atoms. The monoisotopic (exact) mass is 579 g/mol. The number of halogens is 3. The predicted octanol–water partition coefficient (Wildman–Crippen LogP) is 6.81. The first-order valence-electron chi connectivity index (χ1n) is 12.5. The lowest BCUT2D eigenvalue weighted by Gasteiger charge is -2.25. The fourth-order valence-corrected chi connectivity index (χ4v) is 5.96. The Labute approximate surface area is 234 Å². The molecule has 0 aliphatic heterocycles. The summed E-state index contributed by atoms with van der Waals surface area (Å²) in [6, 6.07) is 26.8. The van der Waals surface area contributed by atoms with Crippen LogP contribution in [0.1, 0.15) is 22.3 Å². The van der Waals surface area contributed by atoms with Crippen LogP contribution in [0.15, 0.2) is 117 Å². The predicted molar refractivity (Wildman–Crippen MR) is 150 cm³/mol. The van der Waals surface area contributed by atoms with Crippen LogP contribution in [0.2, 0.25) is 0 Å². The number of rotatable bonds is 8. The van der Waals surface area contributed by atoms with Gasteiger partial charge in [-0.15, -0.1) is 0 Å². The van der Waals surface area contributed by atoms with Gasteiger partial charge in [0.25, 0.3) is 10.0 Å². The molecule has 0 N–H and O–H groups in total. The van der Waals surface area contributed by atoms with Crippen molar-refractivity contribution in [3.8, 4) is 5.75 Å². The van der Waals surface area contributed by atoms with Gasteiger partial charge in [-0.1, -0.05) is 48.5 Å². The molecule has 0 fully saturated rings. The quantitative estimate of drug-likeness (QED) is 0.189. The Morgan fingerprint density at radius 3 is 2.10 bits per heavy atom. The number of benzene rings is 4. The SMILES string of the molecule is COc1ccc(N(Cc2ccccc2)S(=O)(=O)c2ccc(Cc3ccc4oc(=O)cc(C(F)(F)F)c4c3)cc2)cc1. The van der Waals surface area contributed by atoms with Crippen molar-refractivity contribution < 1.29 is 30.7 Å². The van der Waals surface area contributed by atoms with Gasteiger partial charge in [0, 0.05) is 11.5 Å². The lowest BCUT2D eigenvalue weighted by Crippen LogP contribution is -2.30. The van der Waals surface area contributed by atoms with Crippen LogP contribution in [0.5, 0.6) is 5.75 Å². The standard InChI is InChI=1S/C31H24F3NO5S/c1-39-25-12-10-24(11-13-25)35(20-22-5-3-2-4-6-22)41(37,38)26-14-7-21(8-15-26)17-23-9-16-29-27(18-23)28(31(32,33)34)19-30(36)40-29/h2-16,18-19H,17,20H2,1H3. The van der Waals surface area contributed by atoms with E-state index in [0.29, 0.717) is 28.6 Å². The summed E-state index contributed by atoms with van der Waals surface area (Å²) in [6.45, 7) is 0.103. The molecule has 0 unspecified atom stereocenters. The van der Waals surface area contributed by atoms with Crippen molar-refractivity contribution in [1.29, 1.82) is 0 Å². The zero-order valence-corrected chi connectivity index (χ0v) is 22.6. The van der Waals surface area contributed by atoms with E-state index >= 15 is 0 Å². The molecule has 10 heteroatoms. The van der Waals surface area contributed by atoms with E-state index in [1.807, 2.05) is 30.3 Å². The van der Waals surface area contributed by atoms with Crippen LogP contribution in [-0.4, -0.2) is 15.5 Å². The Bertz CT molecular complexity index is 1830. The third kappa shape index (κ3) is 6.12. The van der Waals surface area contributed by atoms with Gasteiger partial charge in [0.2, 0.25) is 0 Å². The lowest BCUT2D eigenvalue weighted by atomic mass is 10.0. The van der Waals surface area contributed by atoms with Crippen LogP contribution < -0.4 is 14.7 Å². The fraction of sp³-hybridized carbons (Fsp3) is 0.129. The smallest absolute Gasteiger partial charge is 0.417 e. The minimum atomic E-state index is -4.72. The summed E-state index contributed by atoms with van der Waals surface area (Å²) in [5, 5.41) is -0.218. The molecule has 0 saturated heterocycles. The summed E-state index contributed by atoms with van der Waals surface area (Å²) in [5.41, 5.74) is 0.182. The number of nitrogens with zero attached hydrogens (tertiary/aromatic N) is 1. The third-order valence-corrected chi connectivity index (χ3v) is 8.35. The summed E-state index contributed by atoms with van der Waals surface area (Å²) in [4.78, 5) is 11.6. The van der Waals surface area contributed by atoms with Gasteiger partial charge in [-0.2, -0.15) is 13.2 Å². The molecule has 0 spiro atoms. The van der Waals surface area contributed by atoms with E-state index in [1.165, 1.54) is 35.7 Å². The minimum absolute atomic E-state index is 0.0626. The number of ether oxygens (including phenoxy) is 1. The van der Waals surface area contributed by atoms with E-state index in [-0.39, 0.29) is 28.8 Å². The van der Waals surface area contributed by atoms with Crippen LogP contribution in [0.3, 0.4) is 0 Å². The normalized spacial score (nSPS) is 11.9. The van der Waals surface area contributed by atoms with Gasteiger partial charge in [-0.25, -0.2) is 13.2 Å². The molecule has 5 rings (SSSR count). The molecular weight excluding hydrogens is 555 g/mol. The van der Waals surface area contributed by atoms with Gasteiger partial charge in [-0.3, -0.25) is 4.31 Å². The summed E-state index contributed by atoms with van der Waals surface area (Å²) in [5.74, 6) is 0.591. The van der Waals surface area contributed by atoms with Gasteiger partial charge in [0.15, 0.2) is 0 Å². The van der Waals surface area contributed by atoms with Crippen LogP contribution in [0.25, 0.3) is 11.0 Å². The summed E-state index contributed by atoms with van der Waals surface area (Å²) < 4.78 is 79.7. The third-order valence-electron chi connectivity index (χ3n) is 6.56. The second-order valence-electron chi connectivity index (χ2n) is 9.32. The molecule has 210 valence electrons. The number of hydrogen-bond donors (Lipinski definition) is 0. The second kappa shape index (κ2) is 11.1. The molecular formula is C31H24F3NO5S. The molecule has 0 aliphatic rings. The Hall–Kier alpha value is -4.57. The van der Waals surface area contributed by atoms with E-state index in [2.05, 4.69) is 0 Å². The average molecular weight is 580 g/mol. The summed E-state index contributed by atoms with van der Waals surface area (Å²) >= 11 is 0. The van der Waals surface area contributed by atoms with Gasteiger partial charge >= 0.3 is 11.8 Å². The molecule has 0 aliphatic carbocycles. The first kappa shape index (κ1) is 28.0. The Morgan fingerprint density at radius 2 is 1.46 bits per heavy atom. The molecule has 0 atom stereocenters. The molecule has 1 heterocycles. The van der Waals surface area contributed by atoms with E-state index < -0.39 is 27.4 Å².